The maximum Gasteiger partial charge on any atom is 0.324 e. The molecule has 144 valence electrons. The summed E-state index contributed by atoms with van der Waals surface area (Å²) in [6.07, 6.45) is 0. The molecule has 0 saturated heterocycles. The average Bonchev–Trinajstić information content (AvgIpc) is 2.56. The van der Waals surface area contributed by atoms with Gasteiger partial charge in [0.2, 0.25) is 10.0 Å². The lowest BCUT2D eigenvalue weighted by Gasteiger charge is -2.21. The Morgan fingerprint density at radius 1 is 1.35 bits per heavy atom. The van der Waals surface area contributed by atoms with Crippen molar-refractivity contribution in [2.75, 3.05) is 19.7 Å². The van der Waals surface area contributed by atoms with Crippen molar-refractivity contribution in [2.24, 2.45) is 0 Å². The zero-order valence-electron chi connectivity index (χ0n) is 15.0. The monoisotopic (exact) mass is 386 g/mol. The number of hydrogen-bond donors (Lipinski definition) is 1. The van der Waals surface area contributed by atoms with Crippen molar-refractivity contribution in [3.05, 3.63) is 42.2 Å². The first-order chi connectivity index (χ1) is 12.1. The van der Waals surface area contributed by atoms with E-state index in [1.54, 1.807) is 13.8 Å². The zero-order valence-corrected chi connectivity index (χ0v) is 15.8. The van der Waals surface area contributed by atoms with Crippen molar-refractivity contribution in [2.45, 2.75) is 31.7 Å². The van der Waals surface area contributed by atoms with Crippen LogP contribution in [0.4, 0.5) is 4.39 Å². The molecule has 7 nitrogen and oxygen atoms in total. The van der Waals surface area contributed by atoms with Crippen LogP contribution in [0, 0.1) is 5.82 Å². The predicted octanol–water partition coefficient (Wildman–Crippen LogP) is 1.46. The van der Waals surface area contributed by atoms with E-state index in [0.29, 0.717) is 13.1 Å². The molecule has 0 aromatic heterocycles. The number of amides is 1. The first-order valence-electron chi connectivity index (χ1n) is 7.94. The number of esters is 1. The molecule has 0 aliphatic carbocycles. The quantitative estimate of drug-likeness (QED) is 0.512. The number of hydrogen-bond acceptors (Lipinski definition) is 5. The van der Waals surface area contributed by atoms with Crippen LogP contribution in [0.15, 0.2) is 41.3 Å². The molecule has 1 atom stereocenters. The molecule has 9 heteroatoms. The van der Waals surface area contributed by atoms with E-state index in [0.717, 1.165) is 17.7 Å². The molecular weight excluding hydrogens is 363 g/mol. The summed E-state index contributed by atoms with van der Waals surface area (Å²) in [5.41, 5.74) is 0.776. The second-order valence-electron chi connectivity index (χ2n) is 5.75. The average molecular weight is 386 g/mol. The van der Waals surface area contributed by atoms with Crippen molar-refractivity contribution >= 4 is 21.9 Å². The molecule has 0 heterocycles. The summed E-state index contributed by atoms with van der Waals surface area (Å²) in [4.78, 5) is 24.8. The van der Waals surface area contributed by atoms with Crippen LogP contribution in [0.2, 0.25) is 0 Å². The van der Waals surface area contributed by atoms with Gasteiger partial charge < -0.3 is 9.64 Å². The molecule has 1 N–H and O–H groups in total. The van der Waals surface area contributed by atoms with Gasteiger partial charge in [0.05, 0.1) is 0 Å². The standard InChI is InChI=1S/C17H23FN2O5S/c1-5-20(10-12(2)3)16(21)11-25-17(22)13(4)19-26(23,24)15-9-7-6-8-14(15)18/h6-9,13,19H,2,5,10-11H2,1,3-4H3. The lowest BCUT2D eigenvalue weighted by atomic mass is 10.3. The van der Waals surface area contributed by atoms with Crippen LogP contribution >= 0.6 is 0 Å². The van der Waals surface area contributed by atoms with Crippen molar-refractivity contribution in [3.63, 3.8) is 0 Å². The van der Waals surface area contributed by atoms with Crippen LogP contribution in [0.5, 0.6) is 0 Å². The molecule has 1 aromatic rings. The van der Waals surface area contributed by atoms with E-state index >= 15 is 0 Å². The molecule has 1 unspecified atom stereocenters. The Labute approximate surface area is 152 Å². The Kier molecular flexibility index (Phi) is 7.91. The summed E-state index contributed by atoms with van der Waals surface area (Å²) in [5, 5.41) is 0. The van der Waals surface area contributed by atoms with E-state index in [1.165, 1.54) is 24.0 Å². The largest absolute Gasteiger partial charge is 0.454 e. The van der Waals surface area contributed by atoms with E-state index < -0.39 is 45.3 Å². The Balaban J connectivity index is 2.66. The van der Waals surface area contributed by atoms with Gasteiger partial charge in [-0.25, -0.2) is 12.8 Å². The number of benzene rings is 1. The molecule has 0 saturated carbocycles. The number of likely N-dealkylation sites (N-methyl/N-ethyl adjacent to an activating group) is 1. The smallest absolute Gasteiger partial charge is 0.324 e. The maximum atomic E-state index is 13.6. The van der Waals surface area contributed by atoms with Crippen LogP contribution in [0.1, 0.15) is 20.8 Å². The van der Waals surface area contributed by atoms with Crippen molar-refractivity contribution in [1.82, 2.24) is 9.62 Å². The fourth-order valence-corrected chi connectivity index (χ4v) is 3.33. The predicted molar refractivity (Wildman–Crippen MR) is 94.2 cm³/mol. The normalized spacial score (nSPS) is 12.3. The summed E-state index contributed by atoms with van der Waals surface area (Å²) >= 11 is 0. The summed E-state index contributed by atoms with van der Waals surface area (Å²) in [5.74, 6) is -2.30. The fourth-order valence-electron chi connectivity index (χ4n) is 2.06. The number of carbonyl (C=O) groups excluding carboxylic acids is 2. The van der Waals surface area contributed by atoms with Gasteiger partial charge in [0, 0.05) is 13.1 Å². The maximum absolute atomic E-state index is 13.6. The van der Waals surface area contributed by atoms with E-state index in [2.05, 4.69) is 6.58 Å². The minimum absolute atomic E-state index is 0.336. The van der Waals surface area contributed by atoms with Gasteiger partial charge in [0.25, 0.3) is 5.91 Å². The minimum Gasteiger partial charge on any atom is -0.454 e. The van der Waals surface area contributed by atoms with E-state index in [9.17, 15) is 22.4 Å². The van der Waals surface area contributed by atoms with Crippen LogP contribution in [0.3, 0.4) is 0 Å². The third kappa shape index (κ3) is 6.23. The highest BCUT2D eigenvalue weighted by molar-refractivity contribution is 7.89. The lowest BCUT2D eigenvalue weighted by Crippen LogP contribution is -2.42. The second-order valence-corrected chi connectivity index (χ2v) is 7.43. The lowest BCUT2D eigenvalue weighted by molar-refractivity contribution is -0.152. The van der Waals surface area contributed by atoms with Gasteiger partial charge in [-0.05, 0) is 32.9 Å². The Bertz CT molecular complexity index is 779. The molecule has 0 aliphatic heterocycles. The third-order valence-electron chi connectivity index (χ3n) is 3.34. The third-order valence-corrected chi connectivity index (χ3v) is 4.92. The van der Waals surface area contributed by atoms with Crippen LogP contribution in [-0.2, 0) is 24.3 Å². The molecule has 0 fully saturated rings. The number of carbonyl (C=O) groups is 2. The van der Waals surface area contributed by atoms with Gasteiger partial charge in [-0.3, -0.25) is 9.59 Å². The number of nitrogens with zero attached hydrogens (tertiary/aromatic N) is 1. The van der Waals surface area contributed by atoms with E-state index in [4.69, 9.17) is 4.74 Å². The molecule has 1 rings (SSSR count). The zero-order chi connectivity index (χ0) is 19.9. The molecule has 26 heavy (non-hydrogen) atoms. The molecule has 0 aliphatic rings. The Hall–Kier alpha value is -2.26. The molecule has 0 spiro atoms. The SMILES string of the molecule is C=C(C)CN(CC)C(=O)COC(=O)C(C)NS(=O)(=O)c1ccccc1F. The highest BCUT2D eigenvalue weighted by Gasteiger charge is 2.26. The number of ether oxygens (including phenoxy) is 1. The molecule has 0 bridgehead atoms. The highest BCUT2D eigenvalue weighted by atomic mass is 32.2. The second kappa shape index (κ2) is 9.44. The summed E-state index contributed by atoms with van der Waals surface area (Å²) < 4.78 is 44.8. The fraction of sp³-hybridized carbons (Fsp3) is 0.412. The Morgan fingerprint density at radius 2 is 1.96 bits per heavy atom. The van der Waals surface area contributed by atoms with Crippen LogP contribution in [-0.4, -0.2) is 50.9 Å². The highest BCUT2D eigenvalue weighted by Crippen LogP contribution is 2.13. The van der Waals surface area contributed by atoms with E-state index in [-0.39, 0.29) is 0 Å². The molecule has 1 amide bonds. The first kappa shape index (κ1) is 21.8. The van der Waals surface area contributed by atoms with Crippen molar-refractivity contribution in [3.8, 4) is 0 Å². The van der Waals surface area contributed by atoms with Crippen molar-refractivity contribution < 1.29 is 27.1 Å². The van der Waals surface area contributed by atoms with Gasteiger partial charge in [0.1, 0.15) is 16.8 Å². The summed E-state index contributed by atoms with van der Waals surface area (Å²) in [6, 6.07) is 3.50. The first-order valence-corrected chi connectivity index (χ1v) is 9.42. The number of halogens is 1. The van der Waals surface area contributed by atoms with Gasteiger partial charge in [0.15, 0.2) is 6.61 Å². The van der Waals surface area contributed by atoms with Crippen LogP contribution < -0.4 is 4.72 Å². The summed E-state index contributed by atoms with van der Waals surface area (Å²) in [6.45, 7) is 8.73. The van der Waals surface area contributed by atoms with E-state index in [1.807, 2.05) is 4.72 Å². The van der Waals surface area contributed by atoms with Gasteiger partial charge in [-0.1, -0.05) is 24.3 Å². The summed E-state index contributed by atoms with van der Waals surface area (Å²) in [7, 11) is -4.24. The minimum atomic E-state index is -4.24. The number of sulfonamides is 1. The van der Waals surface area contributed by atoms with Crippen LogP contribution in [0.25, 0.3) is 0 Å². The van der Waals surface area contributed by atoms with Gasteiger partial charge >= 0.3 is 5.97 Å². The van der Waals surface area contributed by atoms with Gasteiger partial charge in [-0.15, -0.1) is 0 Å². The van der Waals surface area contributed by atoms with Crippen molar-refractivity contribution in [1.29, 1.82) is 0 Å². The molecule has 0 radical (unpaired) electrons. The molecular formula is C17H23FN2O5S. The Morgan fingerprint density at radius 3 is 2.50 bits per heavy atom. The topological polar surface area (TPSA) is 92.8 Å². The number of rotatable bonds is 9. The number of nitrogens with one attached hydrogen (secondary N) is 1. The van der Waals surface area contributed by atoms with Gasteiger partial charge in [-0.2, -0.15) is 4.72 Å². The molecule has 1 aromatic carbocycles.